The van der Waals surface area contributed by atoms with Gasteiger partial charge in [-0.2, -0.15) is 0 Å². The number of hydrogen-bond acceptors (Lipinski definition) is 4. The standard InChI is InChI=1S/C16H18N2O2/c1-16(20)10-14(11-4-2-3-5-11)17-15(18-16)12-6-8-13(19)9-7-12/h2-9,11,14,19-20H,10H2,1H3,(H,17,18). The van der Waals surface area contributed by atoms with Gasteiger partial charge >= 0.3 is 0 Å². The molecular weight excluding hydrogens is 252 g/mol. The fraction of sp³-hybridized carbons (Fsp3) is 0.312. The van der Waals surface area contributed by atoms with Crippen LogP contribution in [0.15, 0.2) is 53.6 Å². The van der Waals surface area contributed by atoms with Crippen LogP contribution in [0, 0.1) is 5.92 Å². The topological polar surface area (TPSA) is 64.9 Å². The van der Waals surface area contributed by atoms with Crippen molar-refractivity contribution in [3.05, 3.63) is 54.1 Å². The number of amidine groups is 1. The highest BCUT2D eigenvalue weighted by Gasteiger charge is 2.34. The van der Waals surface area contributed by atoms with Crippen molar-refractivity contribution in [1.29, 1.82) is 0 Å². The molecule has 2 unspecified atom stereocenters. The molecule has 3 N–H and O–H groups in total. The van der Waals surface area contributed by atoms with E-state index in [1.54, 1.807) is 31.2 Å². The number of hydrogen-bond donors (Lipinski definition) is 3. The van der Waals surface area contributed by atoms with Crippen molar-refractivity contribution in [1.82, 2.24) is 5.32 Å². The molecule has 1 aromatic rings. The number of phenolic OH excluding ortho intramolecular Hbond substituents is 1. The molecule has 3 rings (SSSR count). The monoisotopic (exact) mass is 270 g/mol. The number of aliphatic hydroxyl groups is 1. The molecule has 0 bridgehead atoms. The van der Waals surface area contributed by atoms with Gasteiger partial charge < -0.3 is 15.5 Å². The minimum absolute atomic E-state index is 0.0186. The van der Waals surface area contributed by atoms with Gasteiger partial charge in [0.25, 0.3) is 0 Å². The Bertz CT molecular complexity index is 573. The Balaban J connectivity index is 1.93. The van der Waals surface area contributed by atoms with Crippen molar-refractivity contribution < 1.29 is 10.2 Å². The van der Waals surface area contributed by atoms with Crippen molar-refractivity contribution in [2.75, 3.05) is 0 Å². The van der Waals surface area contributed by atoms with Crippen molar-refractivity contribution in [3.63, 3.8) is 0 Å². The van der Waals surface area contributed by atoms with Crippen LogP contribution in [0.1, 0.15) is 18.9 Å². The predicted molar refractivity (Wildman–Crippen MR) is 78.6 cm³/mol. The third-order valence-corrected chi connectivity index (χ3v) is 3.65. The molecule has 0 fully saturated rings. The van der Waals surface area contributed by atoms with Crippen LogP contribution in [-0.4, -0.2) is 27.8 Å². The second-order valence-corrected chi connectivity index (χ2v) is 5.54. The summed E-state index contributed by atoms with van der Waals surface area (Å²) in [7, 11) is 0. The molecule has 2 atom stereocenters. The maximum atomic E-state index is 10.4. The molecule has 0 radical (unpaired) electrons. The number of benzene rings is 1. The summed E-state index contributed by atoms with van der Waals surface area (Å²) in [5, 5.41) is 22.8. The number of aromatic hydroxyl groups is 1. The first-order valence-corrected chi connectivity index (χ1v) is 6.76. The van der Waals surface area contributed by atoms with Crippen LogP contribution in [0.3, 0.4) is 0 Å². The SMILES string of the molecule is CC1(O)CC(C2C=CC=C2)N=C(c2ccc(O)cc2)N1. The van der Waals surface area contributed by atoms with E-state index >= 15 is 0 Å². The number of nitrogens with one attached hydrogen (secondary N) is 1. The van der Waals surface area contributed by atoms with Gasteiger partial charge in [0.1, 0.15) is 17.3 Å². The van der Waals surface area contributed by atoms with Gasteiger partial charge in [-0.3, -0.25) is 4.99 Å². The lowest BCUT2D eigenvalue weighted by Crippen LogP contribution is -2.52. The maximum Gasteiger partial charge on any atom is 0.135 e. The minimum Gasteiger partial charge on any atom is -0.508 e. The van der Waals surface area contributed by atoms with E-state index in [-0.39, 0.29) is 17.7 Å². The van der Waals surface area contributed by atoms with Crippen molar-refractivity contribution in [2.24, 2.45) is 10.9 Å². The Hall–Kier alpha value is -2.07. The van der Waals surface area contributed by atoms with Crippen LogP contribution in [0.5, 0.6) is 5.75 Å². The summed E-state index contributed by atoms with van der Waals surface area (Å²) in [6.07, 6.45) is 8.79. The average Bonchev–Trinajstić information content (AvgIpc) is 2.91. The van der Waals surface area contributed by atoms with E-state index in [9.17, 15) is 10.2 Å². The Morgan fingerprint density at radius 1 is 1.20 bits per heavy atom. The number of allylic oxidation sites excluding steroid dienone is 2. The van der Waals surface area contributed by atoms with E-state index in [0.717, 1.165) is 5.56 Å². The molecule has 20 heavy (non-hydrogen) atoms. The third kappa shape index (κ3) is 2.60. The molecule has 1 heterocycles. The summed E-state index contributed by atoms with van der Waals surface area (Å²) in [4.78, 5) is 4.72. The normalized spacial score (nSPS) is 29.3. The summed E-state index contributed by atoms with van der Waals surface area (Å²) in [6, 6.07) is 6.84. The fourth-order valence-corrected chi connectivity index (χ4v) is 2.65. The molecule has 4 heteroatoms. The molecule has 0 amide bonds. The molecule has 0 spiro atoms. The van der Waals surface area contributed by atoms with E-state index in [4.69, 9.17) is 4.99 Å². The first-order chi connectivity index (χ1) is 9.53. The summed E-state index contributed by atoms with van der Waals surface area (Å²) in [5.74, 6) is 1.12. The second kappa shape index (κ2) is 4.80. The van der Waals surface area contributed by atoms with Gasteiger partial charge in [-0.15, -0.1) is 0 Å². The highest BCUT2D eigenvalue weighted by Crippen LogP contribution is 2.27. The fourth-order valence-electron chi connectivity index (χ4n) is 2.65. The van der Waals surface area contributed by atoms with Crippen LogP contribution in [0.4, 0.5) is 0 Å². The summed E-state index contributed by atoms with van der Waals surface area (Å²) >= 11 is 0. The van der Waals surface area contributed by atoms with Crippen LogP contribution >= 0.6 is 0 Å². The zero-order chi connectivity index (χ0) is 14.2. The van der Waals surface area contributed by atoms with E-state index < -0.39 is 5.72 Å². The number of phenols is 1. The molecule has 104 valence electrons. The Morgan fingerprint density at radius 2 is 1.85 bits per heavy atom. The predicted octanol–water partition coefficient (Wildman–Crippen LogP) is 1.95. The molecule has 1 aliphatic heterocycles. The number of nitrogens with zero attached hydrogens (tertiary/aromatic N) is 1. The largest absolute Gasteiger partial charge is 0.508 e. The van der Waals surface area contributed by atoms with E-state index in [2.05, 4.69) is 17.5 Å². The summed E-state index contributed by atoms with van der Waals surface area (Å²) in [6.45, 7) is 1.76. The third-order valence-electron chi connectivity index (χ3n) is 3.65. The lowest BCUT2D eigenvalue weighted by atomic mass is 9.92. The average molecular weight is 270 g/mol. The molecule has 2 aliphatic rings. The molecular formula is C16H18N2O2. The van der Waals surface area contributed by atoms with Gasteiger partial charge in [-0.05, 0) is 31.2 Å². The van der Waals surface area contributed by atoms with Gasteiger partial charge in [0, 0.05) is 17.9 Å². The van der Waals surface area contributed by atoms with E-state index in [1.807, 2.05) is 12.2 Å². The van der Waals surface area contributed by atoms with Gasteiger partial charge in [0.05, 0.1) is 6.04 Å². The molecule has 1 aromatic carbocycles. The van der Waals surface area contributed by atoms with Crippen LogP contribution in [0.25, 0.3) is 0 Å². The minimum atomic E-state index is -0.982. The van der Waals surface area contributed by atoms with Crippen molar-refractivity contribution in [2.45, 2.75) is 25.1 Å². The number of rotatable bonds is 2. The maximum absolute atomic E-state index is 10.4. The van der Waals surface area contributed by atoms with Gasteiger partial charge in [-0.1, -0.05) is 24.3 Å². The molecule has 1 aliphatic carbocycles. The Labute approximate surface area is 118 Å². The Morgan fingerprint density at radius 3 is 2.50 bits per heavy atom. The van der Waals surface area contributed by atoms with Gasteiger partial charge in [0.2, 0.25) is 0 Å². The molecule has 0 saturated carbocycles. The first kappa shape index (κ1) is 12.9. The van der Waals surface area contributed by atoms with Crippen LogP contribution < -0.4 is 5.32 Å². The smallest absolute Gasteiger partial charge is 0.135 e. The first-order valence-electron chi connectivity index (χ1n) is 6.76. The second-order valence-electron chi connectivity index (χ2n) is 5.54. The summed E-state index contributed by atoms with van der Waals surface area (Å²) < 4.78 is 0. The van der Waals surface area contributed by atoms with E-state index in [0.29, 0.717) is 12.3 Å². The van der Waals surface area contributed by atoms with Gasteiger partial charge in [-0.25, -0.2) is 0 Å². The molecule has 4 nitrogen and oxygen atoms in total. The Kier molecular flexibility index (Phi) is 3.10. The van der Waals surface area contributed by atoms with Crippen molar-refractivity contribution in [3.8, 4) is 5.75 Å². The number of aliphatic imine (C=N–C) groups is 1. The van der Waals surface area contributed by atoms with E-state index in [1.165, 1.54) is 0 Å². The molecule has 0 saturated heterocycles. The zero-order valence-electron chi connectivity index (χ0n) is 11.3. The lowest BCUT2D eigenvalue weighted by Gasteiger charge is -2.36. The highest BCUT2D eigenvalue weighted by molar-refractivity contribution is 5.99. The van der Waals surface area contributed by atoms with Gasteiger partial charge in [0.15, 0.2) is 0 Å². The van der Waals surface area contributed by atoms with Crippen LogP contribution in [-0.2, 0) is 0 Å². The molecule has 0 aromatic heterocycles. The van der Waals surface area contributed by atoms with Crippen LogP contribution in [0.2, 0.25) is 0 Å². The highest BCUT2D eigenvalue weighted by atomic mass is 16.3. The lowest BCUT2D eigenvalue weighted by molar-refractivity contribution is 0.0210. The van der Waals surface area contributed by atoms with Crippen molar-refractivity contribution >= 4 is 5.84 Å². The summed E-state index contributed by atoms with van der Waals surface area (Å²) in [5.41, 5.74) is -0.122. The quantitative estimate of drug-likeness (QED) is 0.769. The zero-order valence-corrected chi connectivity index (χ0v) is 11.3.